The van der Waals surface area contributed by atoms with Gasteiger partial charge in [-0.05, 0) is 23.3 Å². The Morgan fingerprint density at radius 3 is 2.94 bits per heavy atom. The molecule has 2 heterocycles. The van der Waals surface area contributed by atoms with Crippen LogP contribution in [0.5, 0.6) is 0 Å². The summed E-state index contributed by atoms with van der Waals surface area (Å²) in [5, 5.41) is 20.6. The van der Waals surface area contributed by atoms with Gasteiger partial charge in [-0.15, -0.1) is 0 Å². The van der Waals surface area contributed by atoms with Gasteiger partial charge in [0.25, 0.3) is 5.69 Å². The topological polar surface area (TPSA) is 85.5 Å². The lowest BCUT2D eigenvalue weighted by Gasteiger charge is -2.22. The normalized spacial score (nSPS) is 23.2. The summed E-state index contributed by atoms with van der Waals surface area (Å²) in [7, 11) is 2.91. The third-order valence-corrected chi connectivity index (χ3v) is 5.71. The lowest BCUT2D eigenvalue weighted by atomic mass is 10.1. The average molecular weight is 288 g/mol. The van der Waals surface area contributed by atoms with Gasteiger partial charge in [-0.3, -0.25) is 10.1 Å². The van der Waals surface area contributed by atoms with Crippen LogP contribution >= 0.6 is 21.6 Å². The summed E-state index contributed by atoms with van der Waals surface area (Å²) in [6.07, 6.45) is 2.04. The molecule has 18 heavy (non-hydrogen) atoms. The van der Waals surface area contributed by atoms with Crippen molar-refractivity contribution < 1.29 is 14.8 Å². The number of hydrogen-bond acceptors (Lipinski definition) is 7. The molecular formula is C10H12N2O4S2. The first kappa shape index (κ1) is 13.6. The van der Waals surface area contributed by atoms with E-state index in [1.165, 1.54) is 33.9 Å². The second-order valence-electron chi connectivity index (χ2n) is 3.92. The van der Waals surface area contributed by atoms with Crippen molar-refractivity contribution in [2.45, 2.75) is 16.2 Å². The molecule has 1 aromatic heterocycles. The molecule has 0 aliphatic carbocycles. The Bertz CT molecular complexity index is 420. The summed E-state index contributed by atoms with van der Waals surface area (Å²) in [6, 6.07) is 3.03. The zero-order valence-electron chi connectivity index (χ0n) is 9.44. The molecule has 1 aliphatic heterocycles. The van der Waals surface area contributed by atoms with Crippen molar-refractivity contribution in [1.82, 2.24) is 4.98 Å². The first-order chi connectivity index (χ1) is 8.65. The van der Waals surface area contributed by atoms with E-state index in [0.717, 1.165) is 6.42 Å². The Morgan fingerprint density at radius 1 is 1.61 bits per heavy atom. The van der Waals surface area contributed by atoms with Gasteiger partial charge in [0, 0.05) is 12.7 Å². The van der Waals surface area contributed by atoms with Crippen molar-refractivity contribution >= 4 is 27.3 Å². The highest BCUT2D eigenvalue weighted by Gasteiger charge is 2.35. The summed E-state index contributed by atoms with van der Waals surface area (Å²) in [6.45, 7) is 1.23. The van der Waals surface area contributed by atoms with E-state index in [1.807, 2.05) is 0 Å². The lowest BCUT2D eigenvalue weighted by Crippen LogP contribution is -2.28. The van der Waals surface area contributed by atoms with E-state index in [0.29, 0.717) is 18.2 Å². The lowest BCUT2D eigenvalue weighted by molar-refractivity contribution is -0.385. The Hall–Kier alpha value is -0.830. The number of aliphatic hydroxyl groups excluding tert-OH is 1. The minimum absolute atomic E-state index is 0.0228. The van der Waals surface area contributed by atoms with E-state index in [4.69, 9.17) is 4.74 Å². The maximum Gasteiger partial charge on any atom is 0.287 e. The smallest absolute Gasteiger partial charge is 0.287 e. The number of pyridine rings is 1. The van der Waals surface area contributed by atoms with E-state index >= 15 is 0 Å². The van der Waals surface area contributed by atoms with E-state index in [-0.39, 0.29) is 17.0 Å². The zero-order valence-corrected chi connectivity index (χ0v) is 11.1. The van der Waals surface area contributed by atoms with Crippen LogP contribution in [0.25, 0.3) is 0 Å². The molecule has 6 nitrogen and oxygen atoms in total. The van der Waals surface area contributed by atoms with Crippen molar-refractivity contribution in [2.24, 2.45) is 0 Å². The molecule has 1 unspecified atom stereocenters. The zero-order chi connectivity index (χ0) is 13.0. The second-order valence-corrected chi connectivity index (χ2v) is 6.54. The molecule has 1 atom stereocenters. The molecule has 1 aromatic rings. The quantitative estimate of drug-likeness (QED) is 0.503. The van der Waals surface area contributed by atoms with Crippen molar-refractivity contribution in [1.29, 1.82) is 0 Å². The number of nitro groups is 1. The summed E-state index contributed by atoms with van der Waals surface area (Å²) in [5.74, 6) is 0. The summed E-state index contributed by atoms with van der Waals surface area (Å²) >= 11 is 0. The van der Waals surface area contributed by atoms with E-state index in [2.05, 4.69) is 4.98 Å². The molecule has 1 saturated heterocycles. The maximum absolute atomic E-state index is 10.5. The van der Waals surface area contributed by atoms with Gasteiger partial charge in [0.1, 0.15) is 11.2 Å². The van der Waals surface area contributed by atoms with Crippen LogP contribution in [0.1, 0.15) is 6.42 Å². The highest BCUT2D eigenvalue weighted by atomic mass is 33.1. The maximum atomic E-state index is 10.5. The molecule has 0 radical (unpaired) electrons. The fourth-order valence-electron chi connectivity index (χ4n) is 1.47. The van der Waals surface area contributed by atoms with Crippen molar-refractivity contribution in [3.63, 3.8) is 0 Å². The molecule has 0 bridgehead atoms. The van der Waals surface area contributed by atoms with Gasteiger partial charge < -0.3 is 9.84 Å². The summed E-state index contributed by atoms with van der Waals surface area (Å²) < 4.78 is 5.00. The van der Waals surface area contributed by atoms with Crippen LogP contribution in [0, 0.1) is 10.1 Å². The molecular weight excluding hydrogens is 276 g/mol. The van der Waals surface area contributed by atoms with Crippen LogP contribution in [-0.2, 0) is 4.74 Å². The largest absolute Gasteiger partial charge is 0.395 e. The van der Waals surface area contributed by atoms with Crippen LogP contribution in [0.15, 0.2) is 23.4 Å². The Balaban J connectivity index is 1.95. The number of ether oxygens (including phenoxy) is 1. The number of hydrogen-bond donors (Lipinski definition) is 1. The molecule has 1 fully saturated rings. The van der Waals surface area contributed by atoms with Crippen LogP contribution in [0.4, 0.5) is 5.69 Å². The SMILES string of the molecule is O=[N+]([O-])c1ccc(SSC2(CO)CCOC2)nc1. The third-order valence-electron chi connectivity index (χ3n) is 2.59. The summed E-state index contributed by atoms with van der Waals surface area (Å²) in [4.78, 5) is 14.0. The molecule has 0 amide bonds. The van der Waals surface area contributed by atoms with Gasteiger partial charge >= 0.3 is 0 Å². The highest BCUT2D eigenvalue weighted by Crippen LogP contribution is 2.44. The van der Waals surface area contributed by atoms with E-state index in [9.17, 15) is 15.2 Å². The van der Waals surface area contributed by atoms with Gasteiger partial charge in [-0.1, -0.05) is 10.8 Å². The van der Waals surface area contributed by atoms with E-state index < -0.39 is 4.92 Å². The molecule has 2 rings (SSSR count). The molecule has 0 aromatic carbocycles. The van der Waals surface area contributed by atoms with Gasteiger partial charge in [0.15, 0.2) is 0 Å². The first-order valence-electron chi connectivity index (χ1n) is 5.30. The van der Waals surface area contributed by atoms with Crippen molar-refractivity contribution in [2.75, 3.05) is 19.8 Å². The van der Waals surface area contributed by atoms with Crippen molar-refractivity contribution in [3.05, 3.63) is 28.4 Å². The number of aromatic nitrogens is 1. The number of nitrogens with zero attached hydrogens (tertiary/aromatic N) is 2. The van der Waals surface area contributed by atoms with Crippen LogP contribution in [0.2, 0.25) is 0 Å². The van der Waals surface area contributed by atoms with Gasteiger partial charge in [-0.2, -0.15) is 0 Å². The Kier molecular flexibility index (Phi) is 4.44. The monoisotopic (exact) mass is 288 g/mol. The van der Waals surface area contributed by atoms with Crippen LogP contribution in [-0.4, -0.2) is 39.6 Å². The van der Waals surface area contributed by atoms with Crippen LogP contribution < -0.4 is 0 Å². The minimum atomic E-state index is -0.478. The van der Waals surface area contributed by atoms with Gasteiger partial charge in [0.05, 0.1) is 22.9 Å². The molecule has 1 aliphatic rings. The first-order valence-corrected chi connectivity index (χ1v) is 7.45. The predicted molar refractivity (Wildman–Crippen MR) is 69.6 cm³/mol. The van der Waals surface area contributed by atoms with Gasteiger partial charge in [0.2, 0.25) is 0 Å². The standard InChI is InChI=1S/C10H12N2O4S2/c13-6-10(3-4-16-7-10)18-17-9-2-1-8(5-11-9)12(14)15/h1-2,5,13H,3-4,6-7H2. The predicted octanol–water partition coefficient (Wildman–Crippen LogP) is 1.88. The molecule has 1 N–H and O–H groups in total. The minimum Gasteiger partial charge on any atom is -0.395 e. The highest BCUT2D eigenvalue weighted by molar-refractivity contribution is 8.77. The molecule has 8 heteroatoms. The van der Waals surface area contributed by atoms with Crippen LogP contribution in [0.3, 0.4) is 0 Å². The fraction of sp³-hybridized carbons (Fsp3) is 0.500. The second kappa shape index (κ2) is 5.87. The number of aliphatic hydroxyl groups is 1. The van der Waals surface area contributed by atoms with Crippen molar-refractivity contribution in [3.8, 4) is 0 Å². The molecule has 0 saturated carbocycles. The molecule has 0 spiro atoms. The third kappa shape index (κ3) is 3.14. The molecule has 98 valence electrons. The summed E-state index contributed by atoms with van der Waals surface area (Å²) in [5.41, 5.74) is -0.0228. The van der Waals surface area contributed by atoms with Gasteiger partial charge in [-0.25, -0.2) is 4.98 Å². The van der Waals surface area contributed by atoms with E-state index in [1.54, 1.807) is 6.07 Å². The Labute approximate surface area is 112 Å². The fourth-order valence-corrected chi connectivity index (χ4v) is 3.93. The number of rotatable bonds is 5. The Morgan fingerprint density at radius 2 is 2.44 bits per heavy atom. The average Bonchev–Trinajstić information content (AvgIpc) is 2.86.